The molecule has 1 aromatic carbocycles. The fraction of sp³-hybridized carbons (Fsp3) is 0.214. The third-order valence-electron chi connectivity index (χ3n) is 2.61. The number of carbonyl (C=O) groups excluding carboxylic acids is 1. The van der Waals surface area contributed by atoms with Crippen LogP contribution in [0.5, 0.6) is 5.75 Å². The first-order valence-corrected chi connectivity index (χ1v) is 5.84. The second kappa shape index (κ2) is 5.48. The van der Waals surface area contributed by atoms with Crippen LogP contribution >= 0.6 is 0 Å². The number of nitrogens with two attached hydrogens (primary N) is 1. The van der Waals surface area contributed by atoms with E-state index in [9.17, 15) is 4.79 Å². The predicted octanol–water partition coefficient (Wildman–Crippen LogP) is 2.14. The summed E-state index contributed by atoms with van der Waals surface area (Å²) < 4.78 is 10.7. The van der Waals surface area contributed by atoms with Crippen molar-refractivity contribution in [3.63, 3.8) is 0 Å². The Morgan fingerprint density at radius 1 is 1.37 bits per heavy atom. The van der Waals surface area contributed by atoms with Crippen LogP contribution in [0.1, 0.15) is 16.1 Å². The number of anilines is 1. The molecular weight excluding hydrogens is 244 g/mol. The van der Waals surface area contributed by atoms with Gasteiger partial charge in [0.15, 0.2) is 0 Å². The van der Waals surface area contributed by atoms with Crippen molar-refractivity contribution in [3.05, 3.63) is 47.9 Å². The third kappa shape index (κ3) is 3.07. The zero-order valence-electron chi connectivity index (χ0n) is 10.9. The Hall–Kier alpha value is -2.43. The largest absolute Gasteiger partial charge is 0.483 e. The second-order valence-corrected chi connectivity index (χ2v) is 4.32. The molecule has 0 atom stereocenters. The zero-order valence-corrected chi connectivity index (χ0v) is 10.9. The van der Waals surface area contributed by atoms with Gasteiger partial charge in [0.2, 0.25) is 0 Å². The van der Waals surface area contributed by atoms with E-state index in [-0.39, 0.29) is 5.91 Å². The average Bonchev–Trinajstić information content (AvgIpc) is 2.89. The lowest BCUT2D eigenvalue weighted by atomic mass is 10.1. The molecule has 100 valence electrons. The summed E-state index contributed by atoms with van der Waals surface area (Å²) >= 11 is 0. The SMILES string of the molecule is CN(C)C(=O)c1ccc(OCc2ccco2)c(N)c1. The quantitative estimate of drug-likeness (QED) is 0.855. The summed E-state index contributed by atoms with van der Waals surface area (Å²) in [6.45, 7) is 0.304. The van der Waals surface area contributed by atoms with Gasteiger partial charge in [-0.05, 0) is 30.3 Å². The number of nitrogen functional groups attached to an aromatic ring is 1. The van der Waals surface area contributed by atoms with Crippen molar-refractivity contribution in [2.45, 2.75) is 6.61 Å². The number of amides is 1. The van der Waals surface area contributed by atoms with Gasteiger partial charge in [-0.25, -0.2) is 0 Å². The van der Waals surface area contributed by atoms with Crippen LogP contribution in [0.25, 0.3) is 0 Å². The molecule has 5 heteroatoms. The molecule has 0 bridgehead atoms. The standard InChI is InChI=1S/C14H16N2O3/c1-16(2)14(17)10-5-6-13(12(15)8-10)19-9-11-4-3-7-18-11/h3-8H,9,15H2,1-2H3. The van der Waals surface area contributed by atoms with Crippen molar-refractivity contribution in [3.8, 4) is 5.75 Å². The minimum absolute atomic E-state index is 0.0933. The van der Waals surface area contributed by atoms with Gasteiger partial charge >= 0.3 is 0 Å². The van der Waals surface area contributed by atoms with E-state index in [1.165, 1.54) is 4.90 Å². The van der Waals surface area contributed by atoms with E-state index in [0.717, 1.165) is 0 Å². The lowest BCUT2D eigenvalue weighted by Gasteiger charge is -2.12. The summed E-state index contributed by atoms with van der Waals surface area (Å²) in [4.78, 5) is 13.3. The molecule has 2 N–H and O–H groups in total. The van der Waals surface area contributed by atoms with E-state index < -0.39 is 0 Å². The van der Waals surface area contributed by atoms with Crippen LogP contribution in [-0.4, -0.2) is 24.9 Å². The summed E-state index contributed by atoms with van der Waals surface area (Å²) in [5.41, 5.74) is 6.84. The first kappa shape index (κ1) is 13.0. The summed E-state index contributed by atoms with van der Waals surface area (Å²) in [7, 11) is 3.39. The maximum atomic E-state index is 11.8. The van der Waals surface area contributed by atoms with Crippen LogP contribution < -0.4 is 10.5 Å². The minimum atomic E-state index is -0.0933. The number of benzene rings is 1. The van der Waals surface area contributed by atoms with E-state index in [2.05, 4.69) is 0 Å². The number of furan rings is 1. The Kier molecular flexibility index (Phi) is 3.75. The van der Waals surface area contributed by atoms with Gasteiger partial charge in [-0.3, -0.25) is 4.79 Å². The maximum absolute atomic E-state index is 11.8. The van der Waals surface area contributed by atoms with Crippen molar-refractivity contribution in [1.82, 2.24) is 4.90 Å². The second-order valence-electron chi connectivity index (χ2n) is 4.32. The van der Waals surface area contributed by atoms with Crippen molar-refractivity contribution in [1.29, 1.82) is 0 Å². The average molecular weight is 260 g/mol. The molecule has 19 heavy (non-hydrogen) atoms. The van der Waals surface area contributed by atoms with Gasteiger partial charge in [0.05, 0.1) is 12.0 Å². The number of carbonyl (C=O) groups is 1. The molecule has 0 fully saturated rings. The maximum Gasteiger partial charge on any atom is 0.253 e. The molecule has 0 radical (unpaired) electrons. The molecule has 2 aromatic rings. The van der Waals surface area contributed by atoms with Crippen LogP contribution in [0.4, 0.5) is 5.69 Å². The van der Waals surface area contributed by atoms with Crippen molar-refractivity contribution in [2.24, 2.45) is 0 Å². The monoisotopic (exact) mass is 260 g/mol. The molecule has 1 amide bonds. The van der Waals surface area contributed by atoms with Crippen LogP contribution in [-0.2, 0) is 6.61 Å². The molecule has 0 aliphatic carbocycles. The van der Waals surface area contributed by atoms with Gasteiger partial charge in [0, 0.05) is 19.7 Å². The molecule has 0 saturated carbocycles. The molecule has 0 saturated heterocycles. The zero-order chi connectivity index (χ0) is 13.8. The normalized spacial score (nSPS) is 10.2. The minimum Gasteiger partial charge on any atom is -0.483 e. The molecular formula is C14H16N2O3. The van der Waals surface area contributed by atoms with Gasteiger partial charge in [0.25, 0.3) is 5.91 Å². The van der Waals surface area contributed by atoms with Gasteiger partial charge in [0.1, 0.15) is 18.1 Å². The molecule has 0 aliphatic rings. The highest BCUT2D eigenvalue weighted by atomic mass is 16.5. The Morgan fingerprint density at radius 2 is 2.16 bits per heavy atom. The summed E-state index contributed by atoms with van der Waals surface area (Å²) in [5, 5.41) is 0. The third-order valence-corrected chi connectivity index (χ3v) is 2.61. The topological polar surface area (TPSA) is 68.7 Å². The highest BCUT2D eigenvalue weighted by molar-refractivity contribution is 5.95. The number of hydrogen-bond acceptors (Lipinski definition) is 4. The van der Waals surface area contributed by atoms with Gasteiger partial charge in [-0.1, -0.05) is 0 Å². The van der Waals surface area contributed by atoms with Gasteiger partial charge in [-0.15, -0.1) is 0 Å². The van der Waals surface area contributed by atoms with E-state index in [0.29, 0.717) is 29.4 Å². The van der Waals surface area contributed by atoms with E-state index in [1.54, 1.807) is 44.6 Å². The number of rotatable bonds is 4. The summed E-state index contributed by atoms with van der Waals surface area (Å²) in [5.74, 6) is 1.16. The Labute approximate surface area is 111 Å². The van der Waals surface area contributed by atoms with Crippen LogP contribution in [0.3, 0.4) is 0 Å². The summed E-state index contributed by atoms with van der Waals surface area (Å²) in [6, 6.07) is 8.60. The lowest BCUT2D eigenvalue weighted by molar-refractivity contribution is 0.0827. The highest BCUT2D eigenvalue weighted by Crippen LogP contribution is 2.24. The predicted molar refractivity (Wildman–Crippen MR) is 71.9 cm³/mol. The fourth-order valence-electron chi connectivity index (χ4n) is 1.61. The first-order valence-electron chi connectivity index (χ1n) is 5.84. The van der Waals surface area contributed by atoms with Crippen LogP contribution in [0.2, 0.25) is 0 Å². The van der Waals surface area contributed by atoms with Gasteiger partial charge in [-0.2, -0.15) is 0 Å². The fourth-order valence-corrected chi connectivity index (χ4v) is 1.61. The van der Waals surface area contributed by atoms with Crippen molar-refractivity contribution < 1.29 is 13.9 Å². The molecule has 5 nitrogen and oxygen atoms in total. The Bertz CT molecular complexity index is 562. The van der Waals surface area contributed by atoms with Crippen molar-refractivity contribution >= 4 is 11.6 Å². The first-order chi connectivity index (χ1) is 9.08. The molecule has 0 aliphatic heterocycles. The Morgan fingerprint density at radius 3 is 2.74 bits per heavy atom. The number of hydrogen-bond donors (Lipinski definition) is 1. The number of ether oxygens (including phenoxy) is 1. The molecule has 0 spiro atoms. The molecule has 1 heterocycles. The van der Waals surface area contributed by atoms with Crippen molar-refractivity contribution in [2.75, 3.05) is 19.8 Å². The highest BCUT2D eigenvalue weighted by Gasteiger charge is 2.10. The molecule has 2 rings (SSSR count). The lowest BCUT2D eigenvalue weighted by Crippen LogP contribution is -2.21. The van der Waals surface area contributed by atoms with Crippen LogP contribution in [0.15, 0.2) is 41.0 Å². The Balaban J connectivity index is 2.09. The molecule has 1 aromatic heterocycles. The van der Waals surface area contributed by atoms with E-state index in [4.69, 9.17) is 14.9 Å². The molecule has 0 unspecified atom stereocenters. The van der Waals surface area contributed by atoms with Gasteiger partial charge < -0.3 is 19.8 Å². The smallest absolute Gasteiger partial charge is 0.253 e. The van der Waals surface area contributed by atoms with E-state index in [1.807, 2.05) is 6.07 Å². The summed E-state index contributed by atoms with van der Waals surface area (Å²) in [6.07, 6.45) is 1.58. The number of nitrogens with zero attached hydrogens (tertiary/aromatic N) is 1. The van der Waals surface area contributed by atoms with E-state index >= 15 is 0 Å². The van der Waals surface area contributed by atoms with Crippen LogP contribution in [0, 0.1) is 0 Å².